The number of nitrogens with one attached hydrogen (secondary N) is 3. The SMILES string of the molecule is Cc1ccc(C(=O)Nc2cccc(-n3cccn3)c2)cc1C(=O)Nc1cnc2[nH]ccc2c1. The number of aromatic amines is 1. The molecule has 0 fully saturated rings. The van der Waals surface area contributed by atoms with Gasteiger partial charge in [0.25, 0.3) is 11.8 Å². The smallest absolute Gasteiger partial charge is 0.255 e. The van der Waals surface area contributed by atoms with E-state index in [4.69, 9.17) is 0 Å². The van der Waals surface area contributed by atoms with E-state index in [0.717, 1.165) is 22.3 Å². The van der Waals surface area contributed by atoms with Crippen molar-refractivity contribution in [2.75, 3.05) is 10.6 Å². The van der Waals surface area contributed by atoms with Crippen molar-refractivity contribution in [1.29, 1.82) is 0 Å². The Kier molecular flexibility index (Phi) is 5.16. The van der Waals surface area contributed by atoms with Crippen LogP contribution in [-0.2, 0) is 0 Å². The summed E-state index contributed by atoms with van der Waals surface area (Å²) < 4.78 is 1.71. The molecular weight excluding hydrogens is 416 g/mol. The number of nitrogens with zero attached hydrogens (tertiary/aromatic N) is 3. The van der Waals surface area contributed by atoms with E-state index in [1.807, 2.05) is 49.5 Å². The van der Waals surface area contributed by atoms with Crippen molar-refractivity contribution in [2.24, 2.45) is 0 Å². The van der Waals surface area contributed by atoms with E-state index in [1.165, 1.54) is 0 Å². The van der Waals surface area contributed by atoms with Gasteiger partial charge < -0.3 is 15.6 Å². The van der Waals surface area contributed by atoms with Gasteiger partial charge in [0, 0.05) is 40.8 Å². The second kappa shape index (κ2) is 8.43. The fourth-order valence-corrected chi connectivity index (χ4v) is 3.57. The van der Waals surface area contributed by atoms with Crippen LogP contribution in [-0.4, -0.2) is 31.6 Å². The van der Waals surface area contributed by atoms with Gasteiger partial charge in [-0.05, 0) is 61.0 Å². The number of anilines is 2. The zero-order valence-electron chi connectivity index (χ0n) is 17.7. The second-order valence-corrected chi connectivity index (χ2v) is 7.58. The van der Waals surface area contributed by atoms with Crippen molar-refractivity contribution in [1.82, 2.24) is 19.7 Å². The molecular formula is C25H20N6O2. The highest BCUT2D eigenvalue weighted by atomic mass is 16.2. The Morgan fingerprint density at radius 2 is 1.82 bits per heavy atom. The standard InChI is InChI=1S/C25H20N6O2/c1-16-6-7-18(24(32)29-19-4-2-5-21(14-19)31-11-3-9-28-31)13-22(16)25(33)30-20-12-17-8-10-26-23(17)27-15-20/h2-15H,1H3,(H,26,27)(H,29,32)(H,30,33). The van der Waals surface area contributed by atoms with Gasteiger partial charge in [0.1, 0.15) is 5.65 Å². The van der Waals surface area contributed by atoms with E-state index < -0.39 is 0 Å². The van der Waals surface area contributed by atoms with Crippen LogP contribution in [0.1, 0.15) is 26.3 Å². The summed E-state index contributed by atoms with van der Waals surface area (Å²) in [4.78, 5) is 33.1. The molecule has 0 saturated carbocycles. The van der Waals surface area contributed by atoms with Gasteiger partial charge in [-0.25, -0.2) is 9.67 Å². The fourth-order valence-electron chi connectivity index (χ4n) is 3.57. The number of hydrogen-bond acceptors (Lipinski definition) is 4. The summed E-state index contributed by atoms with van der Waals surface area (Å²) in [5, 5.41) is 10.9. The molecule has 0 saturated heterocycles. The monoisotopic (exact) mass is 436 g/mol. The summed E-state index contributed by atoms with van der Waals surface area (Å²) >= 11 is 0. The third kappa shape index (κ3) is 4.22. The molecule has 2 amide bonds. The topological polar surface area (TPSA) is 105 Å². The number of hydrogen-bond donors (Lipinski definition) is 3. The predicted molar refractivity (Wildman–Crippen MR) is 127 cm³/mol. The molecule has 0 spiro atoms. The summed E-state index contributed by atoms with van der Waals surface area (Å²) in [7, 11) is 0. The van der Waals surface area contributed by atoms with Crippen LogP contribution in [0.2, 0.25) is 0 Å². The van der Waals surface area contributed by atoms with Crippen LogP contribution in [0.3, 0.4) is 0 Å². The van der Waals surface area contributed by atoms with Crippen molar-refractivity contribution in [3.05, 3.63) is 102 Å². The highest BCUT2D eigenvalue weighted by molar-refractivity contribution is 6.09. The molecule has 8 nitrogen and oxygen atoms in total. The first-order valence-corrected chi connectivity index (χ1v) is 10.3. The van der Waals surface area contributed by atoms with Gasteiger partial charge in [0.15, 0.2) is 0 Å². The van der Waals surface area contributed by atoms with Gasteiger partial charge >= 0.3 is 0 Å². The van der Waals surface area contributed by atoms with E-state index in [2.05, 4.69) is 25.7 Å². The number of amides is 2. The fraction of sp³-hybridized carbons (Fsp3) is 0.0400. The number of fused-ring (bicyclic) bond motifs is 1. The molecule has 0 aliphatic heterocycles. The minimum Gasteiger partial charge on any atom is -0.346 e. The lowest BCUT2D eigenvalue weighted by atomic mass is 10.0. The second-order valence-electron chi connectivity index (χ2n) is 7.58. The van der Waals surface area contributed by atoms with E-state index in [9.17, 15) is 9.59 Å². The lowest BCUT2D eigenvalue weighted by molar-refractivity contribution is 0.102. The zero-order chi connectivity index (χ0) is 22.8. The molecule has 0 atom stereocenters. The maximum Gasteiger partial charge on any atom is 0.255 e. The molecule has 0 bridgehead atoms. The molecule has 0 unspecified atom stereocenters. The minimum atomic E-state index is -0.308. The number of H-pyrrole nitrogens is 1. The number of aryl methyl sites for hydroxylation is 1. The number of carbonyl (C=O) groups is 2. The van der Waals surface area contributed by atoms with Crippen LogP contribution >= 0.6 is 0 Å². The average molecular weight is 436 g/mol. The molecule has 5 rings (SSSR count). The molecule has 0 radical (unpaired) electrons. The van der Waals surface area contributed by atoms with E-state index in [0.29, 0.717) is 22.5 Å². The first-order chi connectivity index (χ1) is 16.1. The summed E-state index contributed by atoms with van der Waals surface area (Å²) in [5.74, 6) is -0.614. The van der Waals surface area contributed by atoms with Gasteiger partial charge in [0.2, 0.25) is 0 Å². The Bertz CT molecular complexity index is 1470. The van der Waals surface area contributed by atoms with Crippen molar-refractivity contribution in [3.8, 4) is 5.69 Å². The maximum absolute atomic E-state index is 12.9. The molecule has 2 aromatic carbocycles. The third-order valence-electron chi connectivity index (χ3n) is 5.28. The Balaban J connectivity index is 1.35. The summed E-state index contributed by atoms with van der Waals surface area (Å²) in [6.07, 6.45) is 6.90. The van der Waals surface area contributed by atoms with Crippen molar-refractivity contribution in [3.63, 3.8) is 0 Å². The molecule has 0 aliphatic carbocycles. The lowest BCUT2D eigenvalue weighted by Gasteiger charge is -2.11. The Labute approximate surface area is 189 Å². The van der Waals surface area contributed by atoms with Gasteiger partial charge in [-0.1, -0.05) is 12.1 Å². The van der Waals surface area contributed by atoms with Crippen molar-refractivity contribution >= 4 is 34.2 Å². The zero-order valence-corrected chi connectivity index (χ0v) is 17.7. The summed E-state index contributed by atoms with van der Waals surface area (Å²) in [5.41, 5.74) is 4.36. The summed E-state index contributed by atoms with van der Waals surface area (Å²) in [6, 6.07) is 18.0. The predicted octanol–water partition coefficient (Wildman–Crippen LogP) is 4.56. The average Bonchev–Trinajstić information content (AvgIpc) is 3.51. The van der Waals surface area contributed by atoms with Gasteiger partial charge in [-0.2, -0.15) is 5.10 Å². The molecule has 5 aromatic rings. The summed E-state index contributed by atoms with van der Waals surface area (Å²) in [6.45, 7) is 1.83. The third-order valence-corrected chi connectivity index (χ3v) is 5.28. The van der Waals surface area contributed by atoms with Gasteiger partial charge in [-0.3, -0.25) is 9.59 Å². The van der Waals surface area contributed by atoms with Crippen LogP contribution in [0, 0.1) is 6.92 Å². The molecule has 3 aromatic heterocycles. The van der Waals surface area contributed by atoms with Gasteiger partial charge in [-0.15, -0.1) is 0 Å². The molecule has 8 heteroatoms. The number of carbonyl (C=O) groups excluding carboxylic acids is 2. The number of benzene rings is 2. The Morgan fingerprint density at radius 3 is 2.67 bits per heavy atom. The highest BCUT2D eigenvalue weighted by Crippen LogP contribution is 2.19. The first kappa shape index (κ1) is 20.2. The van der Waals surface area contributed by atoms with Crippen LogP contribution < -0.4 is 10.6 Å². The van der Waals surface area contributed by atoms with Crippen LogP contribution in [0.15, 0.2) is 85.5 Å². The van der Waals surface area contributed by atoms with Gasteiger partial charge in [0.05, 0.1) is 17.6 Å². The quantitative estimate of drug-likeness (QED) is 0.376. The van der Waals surface area contributed by atoms with Crippen LogP contribution in [0.5, 0.6) is 0 Å². The number of rotatable bonds is 5. The van der Waals surface area contributed by atoms with E-state index in [-0.39, 0.29) is 11.8 Å². The van der Waals surface area contributed by atoms with Crippen molar-refractivity contribution < 1.29 is 9.59 Å². The Hall–Kier alpha value is -4.72. The maximum atomic E-state index is 12.9. The molecule has 0 aliphatic rings. The van der Waals surface area contributed by atoms with E-state index in [1.54, 1.807) is 47.5 Å². The lowest BCUT2D eigenvalue weighted by Crippen LogP contribution is -2.17. The number of aromatic nitrogens is 4. The molecule has 162 valence electrons. The van der Waals surface area contributed by atoms with E-state index >= 15 is 0 Å². The molecule has 3 heterocycles. The largest absolute Gasteiger partial charge is 0.346 e. The first-order valence-electron chi connectivity index (χ1n) is 10.3. The molecule has 3 N–H and O–H groups in total. The normalized spacial score (nSPS) is 10.8. The van der Waals surface area contributed by atoms with Crippen molar-refractivity contribution in [2.45, 2.75) is 6.92 Å². The highest BCUT2D eigenvalue weighted by Gasteiger charge is 2.15. The Morgan fingerprint density at radius 1 is 0.939 bits per heavy atom. The number of pyridine rings is 1. The van der Waals surface area contributed by atoms with Crippen LogP contribution in [0.25, 0.3) is 16.7 Å². The molecule has 33 heavy (non-hydrogen) atoms. The minimum absolute atomic E-state index is 0.306. The van der Waals surface area contributed by atoms with Crippen LogP contribution in [0.4, 0.5) is 11.4 Å².